The lowest BCUT2D eigenvalue weighted by molar-refractivity contribution is 0.0426. The molecule has 0 radical (unpaired) electrons. The van der Waals surface area contributed by atoms with Gasteiger partial charge in [0.2, 0.25) is 0 Å². The minimum Gasteiger partial charge on any atom is -0.450 e. The first kappa shape index (κ1) is 16.5. The summed E-state index contributed by atoms with van der Waals surface area (Å²) in [6.45, 7) is 2.17. The Labute approximate surface area is 122 Å². The van der Waals surface area contributed by atoms with Crippen molar-refractivity contribution in [3.63, 3.8) is 0 Å². The van der Waals surface area contributed by atoms with Gasteiger partial charge in [-0.15, -0.1) is 0 Å². The van der Waals surface area contributed by atoms with Crippen LogP contribution in [0.3, 0.4) is 0 Å². The average Bonchev–Trinajstić information content (AvgIpc) is 2.44. The van der Waals surface area contributed by atoms with Crippen molar-refractivity contribution in [2.24, 2.45) is 0 Å². The standard InChI is InChI=1S/C17H26O3/c1-2-3-4-8-13-16(20-17(18)19)14-9-12-15-10-6-5-7-11-15/h5-7,10-11,16H,2-4,8-9,12-14H2,1H3,(H,18,19). The molecule has 1 aromatic carbocycles. The van der Waals surface area contributed by atoms with Gasteiger partial charge in [-0.2, -0.15) is 0 Å². The molecule has 112 valence electrons. The number of benzene rings is 1. The van der Waals surface area contributed by atoms with Crippen LogP contribution in [0.15, 0.2) is 30.3 Å². The number of ether oxygens (including phenoxy) is 1. The van der Waals surface area contributed by atoms with Crippen LogP contribution in [0.4, 0.5) is 4.79 Å². The molecule has 0 aliphatic rings. The molecule has 1 unspecified atom stereocenters. The Hall–Kier alpha value is -1.51. The summed E-state index contributed by atoms with van der Waals surface area (Å²) < 4.78 is 4.99. The smallest absolute Gasteiger partial charge is 0.450 e. The van der Waals surface area contributed by atoms with Crippen molar-refractivity contribution in [3.8, 4) is 0 Å². The maximum atomic E-state index is 10.7. The van der Waals surface area contributed by atoms with Crippen LogP contribution in [0.1, 0.15) is 57.4 Å². The van der Waals surface area contributed by atoms with Crippen molar-refractivity contribution >= 4 is 6.16 Å². The first-order valence-corrected chi connectivity index (χ1v) is 7.66. The third-order valence-electron chi connectivity index (χ3n) is 3.48. The van der Waals surface area contributed by atoms with E-state index < -0.39 is 6.16 Å². The fourth-order valence-electron chi connectivity index (χ4n) is 2.38. The Kier molecular flexibility index (Phi) is 8.52. The van der Waals surface area contributed by atoms with E-state index >= 15 is 0 Å². The minimum absolute atomic E-state index is 0.145. The van der Waals surface area contributed by atoms with Crippen molar-refractivity contribution < 1.29 is 14.6 Å². The van der Waals surface area contributed by atoms with Gasteiger partial charge < -0.3 is 9.84 Å². The lowest BCUT2D eigenvalue weighted by atomic mass is 10.0. The number of unbranched alkanes of at least 4 members (excludes halogenated alkanes) is 3. The van der Waals surface area contributed by atoms with Gasteiger partial charge in [-0.1, -0.05) is 56.5 Å². The van der Waals surface area contributed by atoms with E-state index in [0.29, 0.717) is 0 Å². The maximum absolute atomic E-state index is 10.7. The van der Waals surface area contributed by atoms with Crippen molar-refractivity contribution in [2.75, 3.05) is 0 Å². The molecule has 1 N–H and O–H groups in total. The molecule has 20 heavy (non-hydrogen) atoms. The normalized spacial score (nSPS) is 12.1. The van der Waals surface area contributed by atoms with Crippen LogP contribution in [0, 0.1) is 0 Å². The zero-order chi connectivity index (χ0) is 14.6. The van der Waals surface area contributed by atoms with Gasteiger partial charge >= 0.3 is 6.16 Å². The Morgan fingerprint density at radius 2 is 1.80 bits per heavy atom. The monoisotopic (exact) mass is 278 g/mol. The Morgan fingerprint density at radius 3 is 2.45 bits per heavy atom. The van der Waals surface area contributed by atoms with Crippen LogP contribution in [0.2, 0.25) is 0 Å². The van der Waals surface area contributed by atoms with Gasteiger partial charge in [0.25, 0.3) is 0 Å². The summed E-state index contributed by atoms with van der Waals surface area (Å²) in [7, 11) is 0. The molecule has 0 aliphatic heterocycles. The zero-order valence-corrected chi connectivity index (χ0v) is 12.4. The van der Waals surface area contributed by atoms with E-state index in [4.69, 9.17) is 9.84 Å². The van der Waals surface area contributed by atoms with E-state index in [2.05, 4.69) is 19.1 Å². The molecule has 0 bridgehead atoms. The molecule has 0 amide bonds. The highest BCUT2D eigenvalue weighted by Gasteiger charge is 2.13. The van der Waals surface area contributed by atoms with Crippen molar-refractivity contribution in [3.05, 3.63) is 35.9 Å². The molecule has 3 nitrogen and oxygen atoms in total. The Balaban J connectivity index is 2.26. The van der Waals surface area contributed by atoms with Gasteiger partial charge in [-0.25, -0.2) is 4.79 Å². The van der Waals surface area contributed by atoms with Crippen molar-refractivity contribution in [1.82, 2.24) is 0 Å². The third kappa shape index (κ3) is 7.82. The first-order valence-electron chi connectivity index (χ1n) is 7.66. The fraction of sp³-hybridized carbons (Fsp3) is 0.588. The Morgan fingerprint density at radius 1 is 1.10 bits per heavy atom. The van der Waals surface area contributed by atoms with E-state index in [1.807, 2.05) is 18.2 Å². The van der Waals surface area contributed by atoms with Crippen LogP contribution >= 0.6 is 0 Å². The molecular formula is C17H26O3. The molecule has 0 fully saturated rings. The summed E-state index contributed by atoms with van der Waals surface area (Å²) in [5.41, 5.74) is 1.30. The molecule has 0 heterocycles. The van der Waals surface area contributed by atoms with Gasteiger partial charge in [-0.3, -0.25) is 0 Å². The topological polar surface area (TPSA) is 46.5 Å². The maximum Gasteiger partial charge on any atom is 0.506 e. The van der Waals surface area contributed by atoms with E-state index in [9.17, 15) is 4.79 Å². The van der Waals surface area contributed by atoms with Crippen molar-refractivity contribution in [1.29, 1.82) is 0 Å². The van der Waals surface area contributed by atoms with E-state index in [1.54, 1.807) is 0 Å². The second kappa shape index (κ2) is 10.3. The largest absolute Gasteiger partial charge is 0.506 e. The van der Waals surface area contributed by atoms with Gasteiger partial charge in [0, 0.05) is 0 Å². The minimum atomic E-state index is -1.15. The van der Waals surface area contributed by atoms with E-state index in [-0.39, 0.29) is 6.10 Å². The molecule has 1 aromatic rings. The predicted octanol–water partition coefficient (Wildman–Crippen LogP) is 5.04. The molecule has 0 aliphatic carbocycles. The predicted molar refractivity (Wildman–Crippen MR) is 81.0 cm³/mol. The van der Waals surface area contributed by atoms with Crippen molar-refractivity contribution in [2.45, 2.75) is 64.4 Å². The summed E-state index contributed by atoms with van der Waals surface area (Å²) in [5.74, 6) is 0. The second-order valence-corrected chi connectivity index (χ2v) is 5.23. The fourth-order valence-corrected chi connectivity index (χ4v) is 2.38. The second-order valence-electron chi connectivity index (χ2n) is 5.23. The lowest BCUT2D eigenvalue weighted by Gasteiger charge is -2.15. The lowest BCUT2D eigenvalue weighted by Crippen LogP contribution is -2.17. The molecule has 0 saturated carbocycles. The number of hydrogen-bond acceptors (Lipinski definition) is 2. The molecule has 1 atom stereocenters. The highest BCUT2D eigenvalue weighted by Crippen LogP contribution is 2.15. The van der Waals surface area contributed by atoms with Gasteiger partial charge in [0.1, 0.15) is 6.10 Å². The number of aryl methyl sites for hydroxylation is 1. The quantitative estimate of drug-likeness (QED) is 0.481. The van der Waals surface area contributed by atoms with Crippen LogP contribution in [-0.2, 0) is 11.2 Å². The summed E-state index contributed by atoms with van der Waals surface area (Å²) in [4.78, 5) is 10.7. The molecule has 1 rings (SSSR count). The SMILES string of the molecule is CCCCCCC(CCCc1ccccc1)OC(=O)O. The number of hydrogen-bond donors (Lipinski definition) is 1. The average molecular weight is 278 g/mol. The number of carbonyl (C=O) groups is 1. The molecule has 0 aromatic heterocycles. The highest BCUT2D eigenvalue weighted by atomic mass is 16.7. The zero-order valence-electron chi connectivity index (χ0n) is 12.4. The van der Waals surface area contributed by atoms with Crippen LogP contribution in [0.25, 0.3) is 0 Å². The first-order chi connectivity index (χ1) is 9.72. The summed E-state index contributed by atoms with van der Waals surface area (Å²) >= 11 is 0. The van der Waals surface area contributed by atoms with E-state index in [1.165, 1.54) is 18.4 Å². The number of rotatable bonds is 10. The molecule has 0 saturated heterocycles. The number of carboxylic acid groups (broad SMARTS) is 1. The summed E-state index contributed by atoms with van der Waals surface area (Å²) in [5, 5.41) is 8.78. The third-order valence-corrected chi connectivity index (χ3v) is 3.48. The Bertz CT molecular complexity index is 362. The van der Waals surface area contributed by atoms with Crippen LogP contribution < -0.4 is 0 Å². The molecule has 0 spiro atoms. The van der Waals surface area contributed by atoms with Crippen LogP contribution in [0.5, 0.6) is 0 Å². The van der Waals surface area contributed by atoms with Gasteiger partial charge in [0.15, 0.2) is 0 Å². The van der Waals surface area contributed by atoms with Gasteiger partial charge in [-0.05, 0) is 37.7 Å². The van der Waals surface area contributed by atoms with E-state index in [0.717, 1.165) is 38.5 Å². The van der Waals surface area contributed by atoms with Gasteiger partial charge in [0.05, 0.1) is 0 Å². The molecule has 3 heteroatoms. The summed E-state index contributed by atoms with van der Waals surface area (Å²) in [6, 6.07) is 10.3. The molecular weight excluding hydrogens is 252 g/mol. The summed E-state index contributed by atoms with van der Waals surface area (Å²) in [6.07, 6.45) is 6.94. The highest BCUT2D eigenvalue weighted by molar-refractivity contribution is 5.57. The van der Waals surface area contributed by atoms with Crippen LogP contribution in [-0.4, -0.2) is 17.4 Å².